The first-order valence-corrected chi connectivity index (χ1v) is 7.53. The Bertz CT molecular complexity index is 451. The molecule has 5 rings (SSSR count). The third kappa shape index (κ3) is 1.74. The van der Waals surface area contributed by atoms with Gasteiger partial charge in [0.15, 0.2) is 5.76 Å². The number of rotatable bonds is 2. The van der Waals surface area contributed by atoms with Gasteiger partial charge in [0, 0.05) is 13.1 Å². The van der Waals surface area contributed by atoms with Crippen LogP contribution in [0.3, 0.4) is 0 Å². The number of amides is 1. The Labute approximate surface area is 114 Å². The third-order valence-electron chi connectivity index (χ3n) is 5.68. The van der Waals surface area contributed by atoms with Gasteiger partial charge in [0.05, 0.1) is 6.26 Å². The summed E-state index contributed by atoms with van der Waals surface area (Å²) in [4.78, 5) is 14.4. The molecule has 4 aliphatic rings. The largest absolute Gasteiger partial charge is 0.459 e. The Morgan fingerprint density at radius 3 is 2.32 bits per heavy atom. The van der Waals surface area contributed by atoms with E-state index in [0.29, 0.717) is 11.8 Å². The number of carbonyl (C=O) groups is 1. The van der Waals surface area contributed by atoms with E-state index in [-0.39, 0.29) is 5.91 Å². The first-order valence-electron chi connectivity index (χ1n) is 7.53. The number of hydrogen-bond donors (Lipinski definition) is 0. The summed E-state index contributed by atoms with van der Waals surface area (Å²) in [6, 6.07) is 4.01. The molecule has 1 heterocycles. The molecule has 4 bridgehead atoms. The molecule has 0 aliphatic heterocycles. The molecule has 0 atom stereocenters. The van der Waals surface area contributed by atoms with Gasteiger partial charge in [0.1, 0.15) is 0 Å². The maximum absolute atomic E-state index is 12.5. The second-order valence-corrected chi connectivity index (χ2v) is 6.81. The average molecular weight is 259 g/mol. The Kier molecular flexibility index (Phi) is 2.51. The van der Waals surface area contributed by atoms with Gasteiger partial charge in [-0.05, 0) is 67.9 Å². The van der Waals surface area contributed by atoms with Gasteiger partial charge in [-0.1, -0.05) is 0 Å². The second kappa shape index (κ2) is 4.12. The monoisotopic (exact) mass is 259 g/mol. The highest BCUT2D eigenvalue weighted by atomic mass is 16.3. The molecule has 1 aromatic heterocycles. The molecular weight excluding hydrogens is 238 g/mol. The number of carbonyl (C=O) groups excluding carboxylic acids is 1. The minimum absolute atomic E-state index is 0.0578. The lowest BCUT2D eigenvalue weighted by atomic mass is 9.54. The van der Waals surface area contributed by atoms with Crippen LogP contribution in [0, 0.1) is 23.7 Å². The molecule has 0 unspecified atom stereocenters. The zero-order chi connectivity index (χ0) is 13.0. The summed E-state index contributed by atoms with van der Waals surface area (Å²) < 4.78 is 5.27. The summed E-state index contributed by atoms with van der Waals surface area (Å²) in [5, 5.41) is 0. The minimum Gasteiger partial charge on any atom is -0.459 e. The molecule has 1 aromatic rings. The average Bonchev–Trinajstić information content (AvgIpc) is 2.90. The van der Waals surface area contributed by atoms with E-state index in [1.165, 1.54) is 32.1 Å². The molecule has 4 saturated carbocycles. The summed E-state index contributed by atoms with van der Waals surface area (Å²) >= 11 is 0. The van der Waals surface area contributed by atoms with Crippen molar-refractivity contribution >= 4 is 5.91 Å². The molecule has 4 fully saturated rings. The maximum Gasteiger partial charge on any atom is 0.289 e. The number of furan rings is 1. The topological polar surface area (TPSA) is 33.5 Å². The molecule has 3 nitrogen and oxygen atoms in total. The highest BCUT2D eigenvalue weighted by molar-refractivity contribution is 5.91. The Balaban J connectivity index is 1.57. The smallest absolute Gasteiger partial charge is 0.289 e. The van der Waals surface area contributed by atoms with Crippen molar-refractivity contribution in [2.45, 2.75) is 38.1 Å². The van der Waals surface area contributed by atoms with E-state index in [9.17, 15) is 4.79 Å². The van der Waals surface area contributed by atoms with Crippen molar-refractivity contribution in [1.82, 2.24) is 4.90 Å². The molecule has 102 valence electrons. The first-order chi connectivity index (χ1) is 9.22. The van der Waals surface area contributed by atoms with Gasteiger partial charge < -0.3 is 9.32 Å². The van der Waals surface area contributed by atoms with Gasteiger partial charge >= 0.3 is 0 Å². The van der Waals surface area contributed by atoms with Crippen LogP contribution in [0.25, 0.3) is 0 Å². The predicted molar refractivity (Wildman–Crippen MR) is 71.6 cm³/mol. The van der Waals surface area contributed by atoms with E-state index in [1.807, 2.05) is 11.9 Å². The van der Waals surface area contributed by atoms with E-state index < -0.39 is 0 Å². The summed E-state index contributed by atoms with van der Waals surface area (Å²) in [5.74, 6) is 3.91. The van der Waals surface area contributed by atoms with Gasteiger partial charge in [-0.2, -0.15) is 0 Å². The molecule has 0 saturated heterocycles. The van der Waals surface area contributed by atoms with Gasteiger partial charge in [-0.15, -0.1) is 0 Å². The van der Waals surface area contributed by atoms with Crippen molar-refractivity contribution in [2.24, 2.45) is 23.7 Å². The van der Waals surface area contributed by atoms with Crippen LogP contribution < -0.4 is 0 Å². The van der Waals surface area contributed by atoms with Gasteiger partial charge in [-0.3, -0.25) is 4.79 Å². The Morgan fingerprint density at radius 2 is 1.79 bits per heavy atom. The fraction of sp³-hybridized carbons (Fsp3) is 0.688. The van der Waals surface area contributed by atoms with Gasteiger partial charge in [0.25, 0.3) is 5.91 Å². The van der Waals surface area contributed by atoms with E-state index in [4.69, 9.17) is 4.42 Å². The predicted octanol–water partition coefficient (Wildman–Crippen LogP) is 3.18. The SMILES string of the molecule is CN(C(=O)c1ccco1)C1C2CC3CC(C2)CC1C3. The highest BCUT2D eigenvalue weighted by Gasteiger charge is 2.50. The van der Waals surface area contributed by atoms with Crippen molar-refractivity contribution in [1.29, 1.82) is 0 Å². The Hall–Kier alpha value is -1.25. The standard InChI is InChI=1S/C16H21NO2/c1-17(16(18)14-3-2-4-19-14)15-12-6-10-5-11(8-12)9-13(15)7-10/h2-4,10-13,15H,5-9H2,1H3. The third-order valence-corrected chi connectivity index (χ3v) is 5.68. The molecular formula is C16H21NO2. The highest BCUT2D eigenvalue weighted by Crippen LogP contribution is 2.55. The molecule has 1 amide bonds. The van der Waals surface area contributed by atoms with Crippen LogP contribution in [0.1, 0.15) is 42.7 Å². The lowest BCUT2D eigenvalue weighted by Gasteiger charge is -2.56. The zero-order valence-electron chi connectivity index (χ0n) is 11.4. The van der Waals surface area contributed by atoms with E-state index >= 15 is 0 Å². The van der Waals surface area contributed by atoms with Crippen molar-refractivity contribution in [3.8, 4) is 0 Å². The zero-order valence-corrected chi connectivity index (χ0v) is 11.4. The fourth-order valence-electron chi connectivity index (χ4n) is 5.24. The molecule has 3 heteroatoms. The van der Waals surface area contributed by atoms with Gasteiger partial charge in [0.2, 0.25) is 0 Å². The summed E-state index contributed by atoms with van der Waals surface area (Å²) in [6.07, 6.45) is 8.40. The molecule has 0 spiro atoms. The number of nitrogens with zero attached hydrogens (tertiary/aromatic N) is 1. The first kappa shape index (κ1) is 11.6. The van der Waals surface area contributed by atoms with Crippen molar-refractivity contribution < 1.29 is 9.21 Å². The van der Waals surface area contributed by atoms with Crippen molar-refractivity contribution in [2.75, 3.05) is 7.05 Å². The van der Waals surface area contributed by atoms with Gasteiger partial charge in [-0.25, -0.2) is 0 Å². The summed E-state index contributed by atoms with van der Waals surface area (Å²) in [6.45, 7) is 0. The maximum atomic E-state index is 12.5. The molecule has 19 heavy (non-hydrogen) atoms. The Morgan fingerprint density at radius 1 is 1.16 bits per heavy atom. The van der Waals surface area contributed by atoms with Crippen LogP contribution in [0.5, 0.6) is 0 Å². The van der Waals surface area contributed by atoms with Crippen LogP contribution in [0.15, 0.2) is 22.8 Å². The van der Waals surface area contributed by atoms with Crippen molar-refractivity contribution in [3.05, 3.63) is 24.2 Å². The quantitative estimate of drug-likeness (QED) is 0.817. The minimum atomic E-state index is 0.0578. The van der Waals surface area contributed by atoms with Crippen molar-refractivity contribution in [3.63, 3.8) is 0 Å². The van der Waals surface area contributed by atoms with Crippen LogP contribution in [-0.4, -0.2) is 23.9 Å². The van der Waals surface area contributed by atoms with Crippen LogP contribution in [0.4, 0.5) is 0 Å². The van der Waals surface area contributed by atoms with Crippen LogP contribution in [-0.2, 0) is 0 Å². The normalized spacial score (nSPS) is 39.5. The lowest BCUT2D eigenvalue weighted by Crippen LogP contribution is -2.56. The molecule has 0 aromatic carbocycles. The van der Waals surface area contributed by atoms with E-state index in [2.05, 4.69) is 0 Å². The molecule has 4 aliphatic carbocycles. The van der Waals surface area contributed by atoms with Crippen LogP contribution in [0.2, 0.25) is 0 Å². The summed E-state index contributed by atoms with van der Waals surface area (Å²) in [5.41, 5.74) is 0. The van der Waals surface area contributed by atoms with Crippen LogP contribution >= 0.6 is 0 Å². The molecule has 0 N–H and O–H groups in total. The summed E-state index contributed by atoms with van der Waals surface area (Å²) in [7, 11) is 1.97. The fourth-order valence-corrected chi connectivity index (χ4v) is 5.24. The second-order valence-electron chi connectivity index (χ2n) is 6.81. The van der Waals surface area contributed by atoms with E-state index in [0.717, 1.165) is 23.7 Å². The number of hydrogen-bond acceptors (Lipinski definition) is 2. The molecule has 0 radical (unpaired) electrons. The van der Waals surface area contributed by atoms with E-state index in [1.54, 1.807) is 18.4 Å². The lowest BCUT2D eigenvalue weighted by molar-refractivity contribution is -0.0497.